The molecule has 0 aliphatic carbocycles. The minimum Gasteiger partial charge on any atom is -0.489 e. The molecule has 1 saturated heterocycles. The fourth-order valence-corrected chi connectivity index (χ4v) is 3.41. The van der Waals surface area contributed by atoms with Crippen LogP contribution in [-0.4, -0.2) is 30.6 Å². The molecule has 1 N–H and O–H groups in total. The van der Waals surface area contributed by atoms with Crippen LogP contribution in [0.5, 0.6) is 5.75 Å². The van der Waals surface area contributed by atoms with Gasteiger partial charge in [-0.3, -0.25) is 4.90 Å². The molecule has 3 heteroatoms. The lowest BCUT2D eigenvalue weighted by atomic mass is 10.2. The van der Waals surface area contributed by atoms with E-state index >= 15 is 0 Å². The van der Waals surface area contributed by atoms with Crippen LogP contribution < -0.4 is 10.1 Å². The van der Waals surface area contributed by atoms with Crippen molar-refractivity contribution < 1.29 is 4.74 Å². The Kier molecular flexibility index (Phi) is 6.27. The van der Waals surface area contributed by atoms with E-state index < -0.39 is 0 Å². The molecule has 0 unspecified atom stereocenters. The van der Waals surface area contributed by atoms with Crippen molar-refractivity contribution in [2.75, 3.05) is 19.6 Å². The molecule has 0 saturated carbocycles. The van der Waals surface area contributed by atoms with E-state index in [2.05, 4.69) is 47.5 Å². The van der Waals surface area contributed by atoms with Gasteiger partial charge in [-0.15, -0.1) is 0 Å². The summed E-state index contributed by atoms with van der Waals surface area (Å²) in [5, 5.41) is 3.61. The first kappa shape index (κ1) is 17.0. The van der Waals surface area contributed by atoms with Gasteiger partial charge in [0.15, 0.2) is 0 Å². The Labute approximate surface area is 145 Å². The lowest BCUT2D eigenvalue weighted by molar-refractivity contribution is 0.260. The predicted octanol–water partition coefficient (Wildman–Crippen LogP) is 3.84. The first-order chi connectivity index (χ1) is 11.8. The molecule has 0 amide bonds. The van der Waals surface area contributed by atoms with Crippen molar-refractivity contribution in [2.24, 2.45) is 0 Å². The van der Waals surface area contributed by atoms with E-state index in [1.165, 1.54) is 30.5 Å². The van der Waals surface area contributed by atoms with E-state index in [0.29, 0.717) is 12.6 Å². The molecule has 0 bridgehead atoms. The minimum absolute atomic E-state index is 0.616. The summed E-state index contributed by atoms with van der Waals surface area (Å²) in [4.78, 5) is 2.58. The normalized spacial score (nSPS) is 18.0. The maximum Gasteiger partial charge on any atom is 0.120 e. The second kappa shape index (κ2) is 8.86. The van der Waals surface area contributed by atoms with E-state index in [0.717, 1.165) is 25.4 Å². The van der Waals surface area contributed by atoms with Gasteiger partial charge in [-0.25, -0.2) is 0 Å². The quantitative estimate of drug-likeness (QED) is 0.798. The highest BCUT2D eigenvalue weighted by molar-refractivity contribution is 5.29. The summed E-state index contributed by atoms with van der Waals surface area (Å²) in [5.41, 5.74) is 2.48. The molecule has 3 nitrogen and oxygen atoms in total. The Morgan fingerprint density at radius 3 is 2.75 bits per heavy atom. The number of nitrogens with one attached hydrogen (secondary N) is 1. The van der Waals surface area contributed by atoms with Crippen LogP contribution in [0.1, 0.15) is 30.9 Å². The van der Waals surface area contributed by atoms with E-state index in [-0.39, 0.29) is 0 Å². The Hall–Kier alpha value is -1.84. The SMILES string of the molecule is CCN1CCC[C@@H]1CNCc1cccc(OCc2ccccc2)c1. The van der Waals surface area contributed by atoms with Gasteiger partial charge in [-0.2, -0.15) is 0 Å². The Balaban J connectivity index is 1.46. The van der Waals surface area contributed by atoms with Crippen molar-refractivity contribution in [2.45, 2.75) is 39.0 Å². The monoisotopic (exact) mass is 324 g/mol. The van der Waals surface area contributed by atoms with Gasteiger partial charge in [-0.1, -0.05) is 49.4 Å². The van der Waals surface area contributed by atoms with E-state index in [1.807, 2.05) is 24.3 Å². The van der Waals surface area contributed by atoms with Crippen LogP contribution in [-0.2, 0) is 13.2 Å². The third kappa shape index (κ3) is 4.83. The van der Waals surface area contributed by atoms with Gasteiger partial charge in [0.25, 0.3) is 0 Å². The Morgan fingerprint density at radius 2 is 1.92 bits per heavy atom. The molecular weight excluding hydrogens is 296 g/mol. The number of benzene rings is 2. The molecule has 1 heterocycles. The molecule has 1 aliphatic rings. The van der Waals surface area contributed by atoms with Crippen LogP contribution in [0.2, 0.25) is 0 Å². The molecule has 0 spiro atoms. The zero-order valence-corrected chi connectivity index (χ0v) is 14.6. The molecule has 128 valence electrons. The highest BCUT2D eigenvalue weighted by Crippen LogP contribution is 2.17. The fraction of sp³-hybridized carbons (Fsp3) is 0.429. The van der Waals surface area contributed by atoms with Gasteiger partial charge >= 0.3 is 0 Å². The lowest BCUT2D eigenvalue weighted by Gasteiger charge is -2.23. The number of nitrogens with zero attached hydrogens (tertiary/aromatic N) is 1. The standard InChI is InChI=1S/C21H28N2O/c1-2-23-13-7-11-20(23)16-22-15-19-10-6-12-21(14-19)24-17-18-8-4-3-5-9-18/h3-6,8-10,12,14,20,22H,2,7,11,13,15-17H2,1H3/t20-/m1/s1. The summed E-state index contributed by atoms with van der Waals surface area (Å²) in [6.07, 6.45) is 2.66. The van der Waals surface area contributed by atoms with Gasteiger partial charge in [-0.05, 0) is 49.2 Å². The van der Waals surface area contributed by atoms with Gasteiger partial charge < -0.3 is 10.1 Å². The minimum atomic E-state index is 0.616. The van der Waals surface area contributed by atoms with Crippen molar-refractivity contribution >= 4 is 0 Å². The Bertz CT molecular complexity index is 614. The summed E-state index contributed by atoms with van der Waals surface area (Å²) in [6, 6.07) is 19.4. The number of hydrogen-bond donors (Lipinski definition) is 1. The van der Waals surface area contributed by atoms with Gasteiger partial charge in [0.2, 0.25) is 0 Å². The van der Waals surface area contributed by atoms with Gasteiger partial charge in [0.05, 0.1) is 0 Å². The number of likely N-dealkylation sites (N-methyl/N-ethyl adjacent to an activating group) is 1. The second-order valence-corrected chi connectivity index (χ2v) is 6.48. The smallest absolute Gasteiger partial charge is 0.120 e. The predicted molar refractivity (Wildman–Crippen MR) is 99.2 cm³/mol. The third-order valence-corrected chi connectivity index (χ3v) is 4.76. The number of ether oxygens (including phenoxy) is 1. The molecular formula is C21H28N2O. The maximum absolute atomic E-state index is 5.91. The van der Waals surface area contributed by atoms with Crippen LogP contribution >= 0.6 is 0 Å². The molecule has 1 aliphatic heterocycles. The first-order valence-corrected chi connectivity index (χ1v) is 9.05. The maximum atomic E-state index is 5.91. The Morgan fingerprint density at radius 1 is 1.08 bits per heavy atom. The van der Waals surface area contributed by atoms with Gasteiger partial charge in [0, 0.05) is 19.1 Å². The van der Waals surface area contributed by atoms with Crippen molar-refractivity contribution in [3.63, 3.8) is 0 Å². The van der Waals surface area contributed by atoms with Crippen molar-refractivity contribution in [3.05, 3.63) is 65.7 Å². The highest BCUT2D eigenvalue weighted by Gasteiger charge is 2.21. The summed E-state index contributed by atoms with van der Waals surface area (Å²) < 4.78 is 5.91. The zero-order valence-electron chi connectivity index (χ0n) is 14.6. The molecule has 1 fully saturated rings. The third-order valence-electron chi connectivity index (χ3n) is 4.76. The number of likely N-dealkylation sites (tertiary alicyclic amines) is 1. The molecule has 2 aromatic rings. The van der Waals surface area contributed by atoms with Crippen molar-refractivity contribution in [3.8, 4) is 5.75 Å². The first-order valence-electron chi connectivity index (χ1n) is 9.05. The summed E-state index contributed by atoms with van der Waals surface area (Å²) in [6.45, 7) is 7.26. The number of hydrogen-bond acceptors (Lipinski definition) is 3. The largest absolute Gasteiger partial charge is 0.489 e. The van der Waals surface area contributed by atoms with Crippen LogP contribution in [0.25, 0.3) is 0 Å². The average Bonchev–Trinajstić information content (AvgIpc) is 3.09. The summed E-state index contributed by atoms with van der Waals surface area (Å²) in [7, 11) is 0. The van der Waals surface area contributed by atoms with Crippen LogP contribution in [0.3, 0.4) is 0 Å². The van der Waals surface area contributed by atoms with E-state index in [4.69, 9.17) is 4.74 Å². The van der Waals surface area contributed by atoms with Crippen LogP contribution in [0.4, 0.5) is 0 Å². The average molecular weight is 324 g/mol. The van der Waals surface area contributed by atoms with Crippen LogP contribution in [0.15, 0.2) is 54.6 Å². The topological polar surface area (TPSA) is 24.5 Å². The van der Waals surface area contributed by atoms with Crippen molar-refractivity contribution in [1.82, 2.24) is 10.2 Å². The molecule has 3 rings (SSSR count). The van der Waals surface area contributed by atoms with Gasteiger partial charge in [0.1, 0.15) is 12.4 Å². The molecule has 0 aromatic heterocycles. The van der Waals surface area contributed by atoms with E-state index in [9.17, 15) is 0 Å². The molecule has 24 heavy (non-hydrogen) atoms. The van der Waals surface area contributed by atoms with E-state index in [1.54, 1.807) is 0 Å². The second-order valence-electron chi connectivity index (χ2n) is 6.48. The molecule has 1 atom stereocenters. The lowest BCUT2D eigenvalue weighted by Crippen LogP contribution is -2.37. The van der Waals surface area contributed by atoms with Crippen molar-refractivity contribution in [1.29, 1.82) is 0 Å². The van der Waals surface area contributed by atoms with Crippen LogP contribution in [0, 0.1) is 0 Å². The summed E-state index contributed by atoms with van der Waals surface area (Å²) >= 11 is 0. The fourth-order valence-electron chi connectivity index (χ4n) is 3.41. The molecule has 0 radical (unpaired) electrons. The summed E-state index contributed by atoms with van der Waals surface area (Å²) in [5.74, 6) is 0.939. The molecule has 2 aromatic carbocycles. The number of rotatable bonds is 8. The zero-order chi connectivity index (χ0) is 16.6. The highest BCUT2D eigenvalue weighted by atomic mass is 16.5.